The van der Waals surface area contributed by atoms with Crippen LogP contribution in [0.3, 0.4) is 0 Å². The predicted molar refractivity (Wildman–Crippen MR) is 75.3 cm³/mol. The van der Waals surface area contributed by atoms with Crippen LogP contribution in [0.1, 0.15) is 10.5 Å². The molecule has 0 spiro atoms. The Morgan fingerprint density at radius 1 is 1.38 bits per heavy atom. The van der Waals surface area contributed by atoms with Gasteiger partial charge in [0.15, 0.2) is 5.69 Å². The molecule has 0 saturated heterocycles. The fourth-order valence-corrected chi connectivity index (χ4v) is 2.20. The van der Waals surface area contributed by atoms with E-state index in [1.165, 1.54) is 7.11 Å². The zero-order valence-electron chi connectivity index (χ0n) is 11.4. The smallest absolute Gasteiger partial charge is 0.359 e. The monoisotopic (exact) mass is 286 g/mol. The van der Waals surface area contributed by atoms with Gasteiger partial charge >= 0.3 is 5.97 Å². The van der Waals surface area contributed by atoms with E-state index in [0.29, 0.717) is 6.54 Å². The molecule has 7 nitrogen and oxygen atoms in total. The summed E-state index contributed by atoms with van der Waals surface area (Å²) in [7, 11) is 1.33. The molecule has 1 N–H and O–H groups in total. The first-order valence-corrected chi connectivity index (χ1v) is 6.44. The Labute approximate surface area is 120 Å². The van der Waals surface area contributed by atoms with E-state index >= 15 is 0 Å². The van der Waals surface area contributed by atoms with E-state index in [0.717, 1.165) is 16.6 Å². The molecule has 7 heteroatoms. The van der Waals surface area contributed by atoms with Gasteiger partial charge in [0.25, 0.3) is 0 Å². The summed E-state index contributed by atoms with van der Waals surface area (Å²) in [5.41, 5.74) is 1.78. The van der Waals surface area contributed by atoms with Crippen molar-refractivity contribution in [1.82, 2.24) is 19.6 Å². The first kappa shape index (κ1) is 13.3. The van der Waals surface area contributed by atoms with E-state index in [1.54, 1.807) is 21.8 Å². The minimum Gasteiger partial charge on any atom is -0.464 e. The average Bonchev–Trinajstić information content (AvgIpc) is 3.11. The lowest BCUT2D eigenvalue weighted by atomic mass is 10.2. The first-order valence-electron chi connectivity index (χ1n) is 6.44. The third-order valence-electron chi connectivity index (χ3n) is 3.16. The minimum atomic E-state index is -0.479. The molecule has 3 rings (SSSR count). The number of fused-ring (bicyclic) bond motifs is 1. The summed E-state index contributed by atoms with van der Waals surface area (Å²) >= 11 is 0. The maximum absolute atomic E-state index is 11.8. The Morgan fingerprint density at radius 3 is 2.95 bits per heavy atom. The van der Waals surface area contributed by atoms with Gasteiger partial charge in [0.2, 0.25) is 0 Å². The Bertz CT molecular complexity index is 790. The van der Waals surface area contributed by atoms with Crippen LogP contribution in [0.5, 0.6) is 0 Å². The lowest BCUT2D eigenvalue weighted by Crippen LogP contribution is -2.04. The van der Waals surface area contributed by atoms with Crippen molar-refractivity contribution in [3.05, 3.63) is 42.4 Å². The van der Waals surface area contributed by atoms with Crippen molar-refractivity contribution in [2.75, 3.05) is 13.7 Å². The summed E-state index contributed by atoms with van der Waals surface area (Å²) in [5.74, 6) is -0.479. The Hall–Kier alpha value is -2.67. The standard InChI is InChI=1S/C14H14N4O3/c1-21-14(20)13-11-4-2-3-5-12(11)18(16-13)10-8-15-17(9-10)6-7-19/h2-5,8-9,19H,6-7H2,1H3. The summed E-state index contributed by atoms with van der Waals surface area (Å²) in [5, 5.41) is 18.1. The van der Waals surface area contributed by atoms with Crippen molar-refractivity contribution in [3.63, 3.8) is 0 Å². The molecule has 21 heavy (non-hydrogen) atoms. The van der Waals surface area contributed by atoms with Crippen molar-refractivity contribution in [3.8, 4) is 5.69 Å². The van der Waals surface area contributed by atoms with Crippen molar-refractivity contribution in [2.45, 2.75) is 6.54 Å². The van der Waals surface area contributed by atoms with Gasteiger partial charge in [-0.1, -0.05) is 18.2 Å². The predicted octanol–water partition coefficient (Wildman–Crippen LogP) is 1.00. The molecule has 0 aliphatic carbocycles. The lowest BCUT2D eigenvalue weighted by Gasteiger charge is -1.98. The van der Waals surface area contributed by atoms with E-state index in [2.05, 4.69) is 10.2 Å². The van der Waals surface area contributed by atoms with E-state index in [-0.39, 0.29) is 12.3 Å². The SMILES string of the molecule is COC(=O)c1nn(-c2cnn(CCO)c2)c2ccccc12. The van der Waals surface area contributed by atoms with Crippen LogP contribution in [0, 0.1) is 0 Å². The number of aromatic nitrogens is 4. The molecule has 0 bridgehead atoms. The minimum absolute atomic E-state index is 0.00832. The van der Waals surface area contributed by atoms with Crippen LogP contribution < -0.4 is 0 Å². The van der Waals surface area contributed by atoms with Crippen LogP contribution in [0.2, 0.25) is 0 Å². The van der Waals surface area contributed by atoms with Gasteiger partial charge in [-0.2, -0.15) is 10.2 Å². The summed E-state index contributed by atoms with van der Waals surface area (Å²) in [4.78, 5) is 11.8. The van der Waals surface area contributed by atoms with E-state index in [1.807, 2.05) is 24.3 Å². The number of para-hydroxylation sites is 1. The van der Waals surface area contributed by atoms with Gasteiger partial charge in [0.1, 0.15) is 5.69 Å². The second kappa shape index (κ2) is 5.37. The number of carbonyl (C=O) groups is 1. The normalized spacial score (nSPS) is 11.0. The van der Waals surface area contributed by atoms with E-state index < -0.39 is 5.97 Å². The first-order chi connectivity index (χ1) is 10.2. The molecule has 0 aliphatic heterocycles. The Morgan fingerprint density at radius 2 is 2.19 bits per heavy atom. The number of aliphatic hydroxyl groups is 1. The number of carbonyl (C=O) groups excluding carboxylic acids is 1. The molecule has 0 saturated carbocycles. The number of benzene rings is 1. The zero-order valence-corrected chi connectivity index (χ0v) is 11.4. The molecule has 2 heterocycles. The van der Waals surface area contributed by atoms with Gasteiger partial charge in [-0.3, -0.25) is 4.68 Å². The lowest BCUT2D eigenvalue weighted by molar-refractivity contribution is 0.0595. The average molecular weight is 286 g/mol. The molecular weight excluding hydrogens is 272 g/mol. The molecule has 0 aliphatic rings. The highest BCUT2D eigenvalue weighted by Gasteiger charge is 2.18. The van der Waals surface area contributed by atoms with Gasteiger partial charge in [0, 0.05) is 5.39 Å². The van der Waals surface area contributed by atoms with Crippen molar-refractivity contribution < 1.29 is 14.6 Å². The number of hydrogen-bond acceptors (Lipinski definition) is 5. The second-order valence-electron chi connectivity index (χ2n) is 4.45. The molecule has 3 aromatic rings. The van der Waals surface area contributed by atoms with Crippen LogP contribution in [0.4, 0.5) is 0 Å². The highest BCUT2D eigenvalue weighted by atomic mass is 16.5. The van der Waals surface area contributed by atoms with Crippen LogP contribution in [0.15, 0.2) is 36.7 Å². The number of rotatable bonds is 4. The molecule has 2 aromatic heterocycles. The highest BCUT2D eigenvalue weighted by molar-refractivity contribution is 6.02. The fraction of sp³-hybridized carbons (Fsp3) is 0.214. The summed E-state index contributed by atoms with van der Waals surface area (Å²) in [6, 6.07) is 7.41. The molecule has 0 amide bonds. The van der Waals surface area contributed by atoms with Crippen LogP contribution in [-0.2, 0) is 11.3 Å². The molecule has 0 radical (unpaired) electrons. The molecule has 0 atom stereocenters. The quantitative estimate of drug-likeness (QED) is 0.724. The number of esters is 1. The van der Waals surface area contributed by atoms with Gasteiger partial charge in [-0.25, -0.2) is 9.48 Å². The molecule has 1 aromatic carbocycles. The number of aliphatic hydroxyl groups excluding tert-OH is 1. The zero-order chi connectivity index (χ0) is 14.8. The van der Waals surface area contributed by atoms with Gasteiger partial charge in [-0.15, -0.1) is 0 Å². The third kappa shape index (κ3) is 2.27. The third-order valence-corrected chi connectivity index (χ3v) is 3.16. The number of methoxy groups -OCH3 is 1. The van der Waals surface area contributed by atoms with Crippen LogP contribution in [-0.4, -0.2) is 44.4 Å². The van der Waals surface area contributed by atoms with Gasteiger partial charge in [-0.05, 0) is 6.07 Å². The van der Waals surface area contributed by atoms with Crippen molar-refractivity contribution >= 4 is 16.9 Å². The van der Waals surface area contributed by atoms with E-state index in [9.17, 15) is 4.79 Å². The fourth-order valence-electron chi connectivity index (χ4n) is 2.20. The summed E-state index contributed by atoms with van der Waals surface area (Å²) in [6.45, 7) is 0.414. The Balaban J connectivity index is 2.15. The largest absolute Gasteiger partial charge is 0.464 e. The maximum Gasteiger partial charge on any atom is 0.359 e. The molecular formula is C14H14N4O3. The molecule has 0 fully saturated rings. The highest BCUT2D eigenvalue weighted by Crippen LogP contribution is 2.22. The van der Waals surface area contributed by atoms with Crippen LogP contribution >= 0.6 is 0 Å². The second-order valence-corrected chi connectivity index (χ2v) is 4.45. The van der Waals surface area contributed by atoms with Crippen LogP contribution in [0.25, 0.3) is 16.6 Å². The summed E-state index contributed by atoms with van der Waals surface area (Å²) in [6.07, 6.45) is 3.40. The topological polar surface area (TPSA) is 82.2 Å². The van der Waals surface area contributed by atoms with Gasteiger partial charge in [0.05, 0.1) is 38.2 Å². The Kier molecular flexibility index (Phi) is 3.41. The maximum atomic E-state index is 11.8. The summed E-state index contributed by atoms with van der Waals surface area (Å²) < 4.78 is 8.02. The number of hydrogen-bond donors (Lipinski definition) is 1. The van der Waals surface area contributed by atoms with Crippen molar-refractivity contribution in [2.24, 2.45) is 0 Å². The number of nitrogens with zero attached hydrogens (tertiary/aromatic N) is 4. The van der Waals surface area contributed by atoms with E-state index in [4.69, 9.17) is 9.84 Å². The van der Waals surface area contributed by atoms with Gasteiger partial charge < -0.3 is 9.84 Å². The van der Waals surface area contributed by atoms with Crippen molar-refractivity contribution in [1.29, 1.82) is 0 Å². The molecule has 108 valence electrons. The number of ether oxygens (including phenoxy) is 1. The molecule has 0 unspecified atom stereocenters.